The van der Waals surface area contributed by atoms with Crippen molar-refractivity contribution in [1.82, 2.24) is 5.16 Å². The lowest BCUT2D eigenvalue weighted by molar-refractivity contribution is -0.125. The van der Waals surface area contributed by atoms with E-state index in [9.17, 15) is 9.59 Å². The molecule has 0 aliphatic carbocycles. The summed E-state index contributed by atoms with van der Waals surface area (Å²) in [5.74, 6) is 0.743. The van der Waals surface area contributed by atoms with Crippen LogP contribution in [0.2, 0.25) is 0 Å². The highest BCUT2D eigenvalue weighted by atomic mass is 16.5. The highest BCUT2D eigenvalue weighted by Gasteiger charge is 2.29. The first-order valence-corrected chi connectivity index (χ1v) is 8.43. The summed E-state index contributed by atoms with van der Waals surface area (Å²) in [6, 6.07) is 10.4. The van der Waals surface area contributed by atoms with Crippen LogP contribution >= 0.6 is 0 Å². The number of nitrogens with one attached hydrogen (secondary N) is 1. The van der Waals surface area contributed by atoms with Crippen molar-refractivity contribution in [2.45, 2.75) is 33.8 Å². The van der Waals surface area contributed by atoms with Crippen molar-refractivity contribution in [1.29, 1.82) is 0 Å². The van der Waals surface area contributed by atoms with Crippen LogP contribution in [0.5, 0.6) is 0 Å². The molecular formula is C20H20N2O5. The van der Waals surface area contributed by atoms with E-state index in [1.807, 2.05) is 6.07 Å². The normalized spacial score (nSPS) is 11.9. The van der Waals surface area contributed by atoms with Crippen LogP contribution < -0.4 is 5.32 Å². The van der Waals surface area contributed by atoms with Gasteiger partial charge in [0, 0.05) is 17.2 Å². The summed E-state index contributed by atoms with van der Waals surface area (Å²) < 4.78 is 16.0. The van der Waals surface area contributed by atoms with Gasteiger partial charge in [0.05, 0.1) is 0 Å². The second-order valence-corrected chi connectivity index (χ2v) is 6.22. The number of carbonyl (C=O) groups excluding carboxylic acids is 2. The summed E-state index contributed by atoms with van der Waals surface area (Å²) in [7, 11) is 0. The van der Waals surface area contributed by atoms with E-state index in [4.69, 9.17) is 13.7 Å². The average Bonchev–Trinajstić information content (AvgIpc) is 3.15. The molecule has 0 aliphatic rings. The molecule has 1 aromatic carbocycles. The largest absolute Gasteiger partial charge is 0.465 e. The van der Waals surface area contributed by atoms with Crippen LogP contribution in [-0.2, 0) is 9.53 Å². The Labute approximate surface area is 156 Å². The number of nitrogens with zero attached hydrogens (tertiary/aromatic N) is 1. The Hall–Kier alpha value is -3.35. The van der Waals surface area contributed by atoms with E-state index in [2.05, 4.69) is 10.5 Å². The van der Waals surface area contributed by atoms with Gasteiger partial charge in [-0.1, -0.05) is 35.5 Å². The van der Waals surface area contributed by atoms with Crippen molar-refractivity contribution < 1.29 is 23.3 Å². The van der Waals surface area contributed by atoms with Crippen LogP contribution in [0.25, 0.3) is 0 Å². The molecule has 27 heavy (non-hydrogen) atoms. The zero-order valence-electron chi connectivity index (χ0n) is 15.5. The van der Waals surface area contributed by atoms with Crippen LogP contribution in [0.4, 0.5) is 5.82 Å². The van der Waals surface area contributed by atoms with Crippen LogP contribution in [0.1, 0.15) is 44.9 Å². The molecule has 0 fully saturated rings. The summed E-state index contributed by atoms with van der Waals surface area (Å²) in [6.45, 7) is 6.95. The quantitative estimate of drug-likeness (QED) is 0.683. The van der Waals surface area contributed by atoms with Crippen LogP contribution in [0.15, 0.2) is 45.3 Å². The number of aryl methyl sites for hydroxylation is 3. The predicted octanol–water partition coefficient (Wildman–Crippen LogP) is 4.04. The number of amides is 1. The Bertz CT molecular complexity index is 972. The van der Waals surface area contributed by atoms with Crippen LogP contribution in [0.3, 0.4) is 0 Å². The van der Waals surface area contributed by atoms with E-state index in [-0.39, 0.29) is 5.82 Å². The molecule has 3 aromatic rings. The van der Waals surface area contributed by atoms with Crippen molar-refractivity contribution in [2.75, 3.05) is 5.32 Å². The first-order chi connectivity index (χ1) is 12.9. The molecule has 140 valence electrons. The molecule has 0 spiro atoms. The van der Waals surface area contributed by atoms with Gasteiger partial charge < -0.3 is 19.0 Å². The molecular weight excluding hydrogens is 348 g/mol. The average molecular weight is 368 g/mol. The first kappa shape index (κ1) is 18.4. The van der Waals surface area contributed by atoms with Crippen molar-refractivity contribution in [3.8, 4) is 0 Å². The Morgan fingerprint density at radius 3 is 2.33 bits per heavy atom. The Morgan fingerprint density at radius 2 is 1.78 bits per heavy atom. The molecule has 1 atom stereocenters. The number of hydrogen-bond donors (Lipinski definition) is 1. The van der Waals surface area contributed by atoms with Gasteiger partial charge in [-0.2, -0.15) is 0 Å². The monoisotopic (exact) mass is 368 g/mol. The van der Waals surface area contributed by atoms with E-state index < -0.39 is 18.0 Å². The fraction of sp³-hybridized carbons (Fsp3) is 0.250. The van der Waals surface area contributed by atoms with Crippen LogP contribution in [-0.4, -0.2) is 17.0 Å². The molecule has 0 aliphatic heterocycles. The number of hydrogen-bond acceptors (Lipinski definition) is 6. The fourth-order valence-corrected chi connectivity index (χ4v) is 2.78. The number of furan rings is 1. The Morgan fingerprint density at radius 1 is 1.07 bits per heavy atom. The molecule has 2 aromatic heterocycles. The zero-order valence-corrected chi connectivity index (χ0v) is 15.5. The third-order valence-electron chi connectivity index (χ3n) is 4.21. The molecule has 1 N–H and O–H groups in total. The topological polar surface area (TPSA) is 94.6 Å². The highest BCUT2D eigenvalue weighted by Crippen LogP contribution is 2.26. The number of esters is 1. The van der Waals surface area contributed by atoms with Crippen molar-refractivity contribution in [3.05, 3.63) is 70.4 Å². The molecule has 0 radical (unpaired) electrons. The number of anilines is 1. The highest BCUT2D eigenvalue weighted by molar-refractivity contribution is 5.98. The maximum atomic E-state index is 12.8. The minimum absolute atomic E-state index is 0.251. The van der Waals surface area contributed by atoms with Gasteiger partial charge in [0.25, 0.3) is 5.91 Å². The SMILES string of the molecule is Cc1cc(NC(=O)C(OC(=O)c2c(C)oc(C)c2C)c2ccccc2)no1. The number of rotatable bonds is 5. The van der Waals surface area contributed by atoms with Gasteiger partial charge in [-0.05, 0) is 27.7 Å². The lowest BCUT2D eigenvalue weighted by Gasteiger charge is -2.17. The zero-order chi connectivity index (χ0) is 19.6. The van der Waals surface area contributed by atoms with E-state index in [0.29, 0.717) is 34.0 Å². The van der Waals surface area contributed by atoms with Crippen molar-refractivity contribution >= 4 is 17.7 Å². The van der Waals surface area contributed by atoms with Gasteiger partial charge in [0.1, 0.15) is 22.8 Å². The minimum Gasteiger partial charge on any atom is -0.465 e. The fourth-order valence-electron chi connectivity index (χ4n) is 2.78. The lowest BCUT2D eigenvalue weighted by Crippen LogP contribution is -2.26. The molecule has 7 nitrogen and oxygen atoms in total. The van der Waals surface area contributed by atoms with Gasteiger partial charge >= 0.3 is 5.97 Å². The molecule has 0 bridgehead atoms. The third kappa shape index (κ3) is 3.92. The number of aromatic nitrogens is 1. The van der Waals surface area contributed by atoms with Gasteiger partial charge in [-0.25, -0.2) is 4.79 Å². The standard InChI is InChI=1S/C20H20N2O5/c1-11-10-16(22-27-11)21-19(23)18(15-8-6-5-7-9-15)26-20(24)17-12(2)13(3)25-14(17)4/h5-10,18H,1-4H3,(H,21,22,23). The number of benzene rings is 1. The lowest BCUT2D eigenvalue weighted by atomic mass is 10.1. The summed E-state index contributed by atoms with van der Waals surface area (Å²) in [6.07, 6.45) is -1.15. The summed E-state index contributed by atoms with van der Waals surface area (Å²) in [5, 5.41) is 6.35. The van der Waals surface area contributed by atoms with Crippen LogP contribution in [0, 0.1) is 27.7 Å². The molecule has 3 rings (SSSR count). The Kier molecular flexibility index (Phi) is 5.12. The predicted molar refractivity (Wildman–Crippen MR) is 97.4 cm³/mol. The van der Waals surface area contributed by atoms with E-state index in [1.165, 1.54) is 0 Å². The number of carbonyl (C=O) groups is 2. The maximum absolute atomic E-state index is 12.8. The maximum Gasteiger partial charge on any atom is 0.343 e. The molecule has 1 amide bonds. The minimum atomic E-state index is -1.15. The third-order valence-corrected chi connectivity index (χ3v) is 4.21. The molecule has 0 saturated carbocycles. The molecule has 7 heteroatoms. The van der Waals surface area contributed by atoms with Crippen molar-refractivity contribution in [2.24, 2.45) is 0 Å². The Balaban J connectivity index is 1.88. The molecule has 2 heterocycles. The van der Waals surface area contributed by atoms with Gasteiger partial charge in [-0.3, -0.25) is 4.79 Å². The van der Waals surface area contributed by atoms with Gasteiger partial charge in [0.2, 0.25) is 6.10 Å². The van der Waals surface area contributed by atoms with Crippen molar-refractivity contribution in [3.63, 3.8) is 0 Å². The van der Waals surface area contributed by atoms with E-state index in [1.54, 1.807) is 58.0 Å². The summed E-state index contributed by atoms with van der Waals surface area (Å²) in [5.41, 5.74) is 1.56. The van der Waals surface area contributed by atoms with E-state index >= 15 is 0 Å². The van der Waals surface area contributed by atoms with E-state index in [0.717, 1.165) is 0 Å². The van der Waals surface area contributed by atoms with Gasteiger partial charge in [-0.15, -0.1) is 0 Å². The summed E-state index contributed by atoms with van der Waals surface area (Å²) in [4.78, 5) is 25.5. The second kappa shape index (κ2) is 7.49. The van der Waals surface area contributed by atoms with Gasteiger partial charge in [0.15, 0.2) is 5.82 Å². The first-order valence-electron chi connectivity index (χ1n) is 8.43. The number of ether oxygens (including phenoxy) is 1. The molecule has 0 saturated heterocycles. The molecule has 1 unspecified atom stereocenters. The second-order valence-electron chi connectivity index (χ2n) is 6.22. The summed E-state index contributed by atoms with van der Waals surface area (Å²) >= 11 is 0. The smallest absolute Gasteiger partial charge is 0.343 e.